The zero-order chi connectivity index (χ0) is 5.70. The zero-order valence-electron chi connectivity index (χ0n) is 4.22. The molecule has 40 valence electrons. The Balaban J connectivity index is 3.26. The van der Waals surface area contributed by atoms with Gasteiger partial charge in [0.2, 0.25) is 0 Å². The Kier molecular flexibility index (Phi) is 2.96. The molecule has 0 rings (SSSR count). The molecule has 0 aliphatic heterocycles. The van der Waals surface area contributed by atoms with E-state index in [-0.39, 0.29) is 0 Å². The molecule has 0 aromatic rings. The molecular formula is C4H8N2O. The van der Waals surface area contributed by atoms with Crippen LogP contribution in [-0.4, -0.2) is 6.21 Å². The third-order valence-electron chi connectivity index (χ3n) is 0.334. The number of nitrogens with zero attached hydrogens (tertiary/aromatic N) is 1. The van der Waals surface area contributed by atoms with Gasteiger partial charge in [-0.15, -0.1) is 5.90 Å². The Labute approximate surface area is 42.4 Å². The highest BCUT2D eigenvalue weighted by Crippen LogP contribution is 1.76. The molecule has 0 atom stereocenters. The highest BCUT2D eigenvalue weighted by molar-refractivity contribution is 5.75. The van der Waals surface area contributed by atoms with E-state index in [0.717, 1.165) is 5.57 Å². The molecule has 0 spiro atoms. The van der Waals surface area contributed by atoms with Gasteiger partial charge in [-0.2, -0.15) is 0 Å². The summed E-state index contributed by atoms with van der Waals surface area (Å²) in [4.78, 5) is 3.86. The standard InChI is InChI=1S/C4H8N2O/c1-4(2)3-6-7-5/h3H,1,5H2,2H3/b6-3-. The Hall–Kier alpha value is -0.830. The fourth-order valence-corrected chi connectivity index (χ4v) is 0.120. The van der Waals surface area contributed by atoms with Crippen molar-refractivity contribution in [3.8, 4) is 0 Å². The van der Waals surface area contributed by atoms with Crippen LogP contribution in [-0.2, 0) is 4.94 Å². The molecule has 0 aromatic heterocycles. The lowest BCUT2D eigenvalue weighted by Crippen LogP contribution is -1.89. The summed E-state index contributed by atoms with van der Waals surface area (Å²) in [5, 5.41) is 3.22. The van der Waals surface area contributed by atoms with Crippen LogP contribution < -0.4 is 5.90 Å². The summed E-state index contributed by atoms with van der Waals surface area (Å²) in [6, 6.07) is 0. The first-order valence-corrected chi connectivity index (χ1v) is 1.82. The molecule has 0 saturated carbocycles. The van der Waals surface area contributed by atoms with Gasteiger partial charge >= 0.3 is 0 Å². The largest absolute Gasteiger partial charge is 0.303 e. The highest BCUT2D eigenvalue weighted by atomic mass is 16.7. The quantitative estimate of drug-likeness (QED) is 0.404. The lowest BCUT2D eigenvalue weighted by molar-refractivity contribution is 0.150. The first-order valence-electron chi connectivity index (χ1n) is 1.82. The van der Waals surface area contributed by atoms with Crippen LogP contribution in [0, 0.1) is 0 Å². The molecule has 3 heteroatoms. The Morgan fingerprint density at radius 2 is 2.57 bits per heavy atom. The van der Waals surface area contributed by atoms with E-state index in [0.29, 0.717) is 0 Å². The third-order valence-corrected chi connectivity index (χ3v) is 0.334. The fraction of sp³-hybridized carbons (Fsp3) is 0.250. The van der Waals surface area contributed by atoms with Gasteiger partial charge in [0.1, 0.15) is 0 Å². The maximum absolute atomic E-state index is 4.54. The van der Waals surface area contributed by atoms with Crippen molar-refractivity contribution in [2.24, 2.45) is 11.1 Å². The number of oxime groups is 1. The summed E-state index contributed by atoms with van der Waals surface area (Å²) in [7, 11) is 0. The number of nitrogens with two attached hydrogens (primary N) is 1. The van der Waals surface area contributed by atoms with Gasteiger partial charge in [0.25, 0.3) is 0 Å². The second kappa shape index (κ2) is 3.36. The van der Waals surface area contributed by atoms with Gasteiger partial charge in [0.15, 0.2) is 0 Å². The highest BCUT2D eigenvalue weighted by Gasteiger charge is 1.69. The van der Waals surface area contributed by atoms with E-state index < -0.39 is 0 Å². The fourth-order valence-electron chi connectivity index (χ4n) is 0.120. The topological polar surface area (TPSA) is 47.6 Å². The summed E-state index contributed by atoms with van der Waals surface area (Å²) in [6.07, 6.45) is 1.43. The van der Waals surface area contributed by atoms with E-state index in [1.165, 1.54) is 6.21 Å². The van der Waals surface area contributed by atoms with Gasteiger partial charge in [-0.05, 0) is 12.5 Å². The van der Waals surface area contributed by atoms with E-state index in [1.54, 1.807) is 6.92 Å². The smallest absolute Gasteiger partial charge is 0.0711 e. The number of hydrogen-bond donors (Lipinski definition) is 1. The zero-order valence-corrected chi connectivity index (χ0v) is 4.22. The van der Waals surface area contributed by atoms with Gasteiger partial charge in [-0.1, -0.05) is 11.7 Å². The summed E-state index contributed by atoms with van der Waals surface area (Å²) >= 11 is 0. The predicted molar refractivity (Wildman–Crippen MR) is 28.6 cm³/mol. The number of hydrogen-bond acceptors (Lipinski definition) is 3. The van der Waals surface area contributed by atoms with E-state index in [2.05, 4.69) is 22.6 Å². The van der Waals surface area contributed by atoms with Crippen molar-refractivity contribution in [2.75, 3.05) is 0 Å². The van der Waals surface area contributed by atoms with Crippen LogP contribution in [0.4, 0.5) is 0 Å². The minimum Gasteiger partial charge on any atom is -0.303 e. The number of allylic oxidation sites excluding steroid dienone is 1. The van der Waals surface area contributed by atoms with Crippen LogP contribution in [0.3, 0.4) is 0 Å². The molecule has 0 aromatic carbocycles. The van der Waals surface area contributed by atoms with Crippen LogP contribution in [0.15, 0.2) is 17.3 Å². The molecule has 0 aliphatic rings. The lowest BCUT2D eigenvalue weighted by Gasteiger charge is -1.81. The average Bonchev–Trinajstić information content (AvgIpc) is 1.61. The first kappa shape index (κ1) is 6.17. The second-order valence-electron chi connectivity index (χ2n) is 1.19. The maximum Gasteiger partial charge on any atom is 0.0711 e. The maximum atomic E-state index is 4.54. The molecule has 0 amide bonds. The van der Waals surface area contributed by atoms with Gasteiger partial charge in [0, 0.05) is 0 Å². The van der Waals surface area contributed by atoms with E-state index in [4.69, 9.17) is 0 Å². The van der Waals surface area contributed by atoms with Gasteiger partial charge in [-0.25, -0.2) is 0 Å². The molecule has 0 saturated heterocycles. The summed E-state index contributed by atoms with van der Waals surface area (Å²) in [5.74, 6) is 4.54. The number of rotatable bonds is 2. The lowest BCUT2D eigenvalue weighted by atomic mass is 10.4. The SMILES string of the molecule is C=C(C)/C=N\ON. The minimum atomic E-state index is 0.811. The van der Waals surface area contributed by atoms with E-state index >= 15 is 0 Å². The Morgan fingerprint density at radius 3 is 2.71 bits per heavy atom. The monoisotopic (exact) mass is 100 g/mol. The molecule has 7 heavy (non-hydrogen) atoms. The molecule has 0 bridgehead atoms. The predicted octanol–water partition coefficient (Wildman–Crippen LogP) is 0.439. The van der Waals surface area contributed by atoms with Crippen LogP contribution >= 0.6 is 0 Å². The van der Waals surface area contributed by atoms with Crippen molar-refractivity contribution in [1.82, 2.24) is 0 Å². The molecule has 0 aliphatic carbocycles. The summed E-state index contributed by atoms with van der Waals surface area (Å²) in [5.41, 5.74) is 0.811. The van der Waals surface area contributed by atoms with Gasteiger partial charge < -0.3 is 4.94 Å². The van der Waals surface area contributed by atoms with Crippen molar-refractivity contribution >= 4 is 6.21 Å². The summed E-state index contributed by atoms with van der Waals surface area (Å²) in [6.45, 7) is 5.30. The van der Waals surface area contributed by atoms with E-state index in [1.807, 2.05) is 0 Å². The molecule has 3 nitrogen and oxygen atoms in total. The molecule has 0 unspecified atom stereocenters. The van der Waals surface area contributed by atoms with Crippen molar-refractivity contribution in [2.45, 2.75) is 6.92 Å². The average molecular weight is 100 g/mol. The minimum absolute atomic E-state index is 0.811. The second-order valence-corrected chi connectivity index (χ2v) is 1.19. The van der Waals surface area contributed by atoms with Crippen LogP contribution in [0.1, 0.15) is 6.92 Å². The Bertz CT molecular complexity index is 87.7. The normalized spacial score (nSPS) is 9.43. The third kappa shape index (κ3) is 5.17. The molecule has 0 fully saturated rings. The molecular weight excluding hydrogens is 92.1 g/mol. The molecule has 2 N–H and O–H groups in total. The van der Waals surface area contributed by atoms with Crippen LogP contribution in [0.25, 0.3) is 0 Å². The van der Waals surface area contributed by atoms with Crippen molar-refractivity contribution in [3.63, 3.8) is 0 Å². The van der Waals surface area contributed by atoms with E-state index in [9.17, 15) is 0 Å². The van der Waals surface area contributed by atoms with Crippen molar-refractivity contribution in [3.05, 3.63) is 12.2 Å². The van der Waals surface area contributed by atoms with Gasteiger partial charge in [-0.3, -0.25) is 0 Å². The van der Waals surface area contributed by atoms with Crippen molar-refractivity contribution < 1.29 is 4.94 Å². The van der Waals surface area contributed by atoms with Crippen LogP contribution in [0.2, 0.25) is 0 Å². The summed E-state index contributed by atoms with van der Waals surface area (Å²) < 4.78 is 0. The van der Waals surface area contributed by atoms with Crippen LogP contribution in [0.5, 0.6) is 0 Å². The van der Waals surface area contributed by atoms with Gasteiger partial charge in [0.05, 0.1) is 6.21 Å². The molecule has 0 radical (unpaired) electrons. The first-order chi connectivity index (χ1) is 3.27. The Morgan fingerprint density at radius 1 is 2.00 bits per heavy atom. The molecule has 0 heterocycles. The van der Waals surface area contributed by atoms with Crippen molar-refractivity contribution in [1.29, 1.82) is 0 Å².